The number of alkyl halides is 3. The third-order valence-electron chi connectivity index (χ3n) is 5.16. The number of carbonyl (C=O) groups excluding carboxylic acids is 1. The molecular weight excluding hydrogens is 273 g/mol. The highest BCUT2D eigenvalue weighted by Gasteiger charge is 2.59. The van der Waals surface area contributed by atoms with Gasteiger partial charge in [-0.15, -0.1) is 0 Å². The van der Waals surface area contributed by atoms with Crippen LogP contribution in [0.4, 0.5) is 13.2 Å². The van der Waals surface area contributed by atoms with Crippen LogP contribution >= 0.6 is 0 Å². The molecule has 2 aliphatic rings. The van der Waals surface area contributed by atoms with E-state index in [0.29, 0.717) is 19.3 Å². The molecule has 0 aromatic rings. The van der Waals surface area contributed by atoms with Gasteiger partial charge in [0.2, 0.25) is 0 Å². The minimum atomic E-state index is -4.63. The lowest BCUT2D eigenvalue weighted by Gasteiger charge is -2.49. The maximum atomic E-state index is 13.1. The van der Waals surface area contributed by atoms with Crippen LogP contribution in [-0.4, -0.2) is 29.5 Å². The van der Waals surface area contributed by atoms with Crippen LogP contribution in [0.25, 0.3) is 0 Å². The quantitative estimate of drug-likeness (QED) is 0.814. The third kappa shape index (κ3) is 2.67. The Morgan fingerprint density at radius 2 is 1.70 bits per heavy atom. The molecule has 0 bridgehead atoms. The molecule has 2 saturated carbocycles. The maximum Gasteiger partial charge on any atom is 0.417 e. The summed E-state index contributed by atoms with van der Waals surface area (Å²) in [5.74, 6) is -1.08. The Morgan fingerprint density at radius 3 is 2.25 bits per heavy atom. The summed E-state index contributed by atoms with van der Waals surface area (Å²) in [5, 5.41) is 10.00. The summed E-state index contributed by atoms with van der Waals surface area (Å²) in [5.41, 5.74) is -2.67. The number of aliphatic hydroxyl groups is 1. The van der Waals surface area contributed by atoms with Crippen molar-refractivity contribution in [2.75, 3.05) is 0 Å². The summed E-state index contributed by atoms with van der Waals surface area (Å²) >= 11 is 0. The largest absolute Gasteiger partial charge is 0.464 e. The zero-order valence-corrected chi connectivity index (χ0v) is 11.5. The van der Waals surface area contributed by atoms with Crippen molar-refractivity contribution in [3.05, 3.63) is 0 Å². The molecule has 0 radical (unpaired) electrons. The van der Waals surface area contributed by atoms with Gasteiger partial charge in [0.05, 0.1) is 0 Å². The van der Waals surface area contributed by atoms with Gasteiger partial charge in [-0.3, -0.25) is 4.79 Å². The first-order valence-electron chi connectivity index (χ1n) is 7.17. The predicted molar refractivity (Wildman–Crippen MR) is 65.8 cm³/mol. The van der Waals surface area contributed by atoms with Crippen molar-refractivity contribution in [3.63, 3.8) is 0 Å². The smallest absolute Gasteiger partial charge is 0.417 e. The van der Waals surface area contributed by atoms with E-state index in [-0.39, 0.29) is 24.4 Å². The summed E-state index contributed by atoms with van der Waals surface area (Å²) in [6, 6.07) is 0. The highest BCUT2D eigenvalue weighted by atomic mass is 19.4. The first-order valence-corrected chi connectivity index (χ1v) is 7.17. The van der Waals surface area contributed by atoms with E-state index >= 15 is 0 Å². The van der Waals surface area contributed by atoms with E-state index in [1.54, 1.807) is 0 Å². The number of carbonyl (C=O) groups is 1. The van der Waals surface area contributed by atoms with Crippen LogP contribution in [0.5, 0.6) is 0 Å². The molecule has 0 aliphatic heterocycles. The second kappa shape index (κ2) is 5.54. The molecule has 0 spiro atoms. The van der Waals surface area contributed by atoms with E-state index in [1.807, 2.05) is 0 Å². The Balaban J connectivity index is 2.22. The van der Waals surface area contributed by atoms with Crippen LogP contribution in [0.2, 0.25) is 0 Å². The Bertz CT molecular complexity index is 354. The number of fused-ring (bicyclic) bond motifs is 1. The molecule has 3 nitrogen and oxygen atoms in total. The highest BCUT2D eigenvalue weighted by molar-refractivity contribution is 5.37. The van der Waals surface area contributed by atoms with Crippen LogP contribution in [0.1, 0.15) is 45.4 Å². The Labute approximate surface area is 116 Å². The molecule has 116 valence electrons. The molecule has 5 unspecified atom stereocenters. The maximum absolute atomic E-state index is 13.1. The molecule has 0 amide bonds. The molecule has 0 aromatic heterocycles. The zero-order chi connectivity index (χ0) is 15.0. The van der Waals surface area contributed by atoms with Crippen molar-refractivity contribution in [3.8, 4) is 0 Å². The van der Waals surface area contributed by atoms with Crippen LogP contribution in [0.15, 0.2) is 0 Å². The molecule has 2 fully saturated rings. The van der Waals surface area contributed by atoms with Gasteiger partial charge in [0.15, 0.2) is 5.60 Å². The lowest BCUT2D eigenvalue weighted by atomic mass is 9.60. The van der Waals surface area contributed by atoms with Crippen molar-refractivity contribution < 1.29 is 27.8 Å². The van der Waals surface area contributed by atoms with E-state index in [1.165, 1.54) is 0 Å². The van der Waals surface area contributed by atoms with Crippen molar-refractivity contribution >= 4 is 6.47 Å². The summed E-state index contributed by atoms with van der Waals surface area (Å²) in [6.45, 7) is 1.27. The molecule has 2 rings (SSSR count). The molecule has 0 saturated heterocycles. The van der Waals surface area contributed by atoms with Crippen molar-refractivity contribution in [2.24, 2.45) is 17.8 Å². The average molecular weight is 294 g/mol. The van der Waals surface area contributed by atoms with Gasteiger partial charge < -0.3 is 9.84 Å². The molecule has 0 aromatic carbocycles. The summed E-state index contributed by atoms with van der Waals surface area (Å²) in [6.07, 6.45) is -1.02. The van der Waals surface area contributed by atoms with Gasteiger partial charge in [-0.1, -0.05) is 12.8 Å². The van der Waals surface area contributed by atoms with Crippen LogP contribution in [-0.2, 0) is 9.53 Å². The van der Waals surface area contributed by atoms with E-state index in [2.05, 4.69) is 0 Å². The third-order valence-corrected chi connectivity index (χ3v) is 5.16. The predicted octanol–water partition coefficient (Wildman–Crippen LogP) is 3.06. The molecule has 5 atom stereocenters. The minimum absolute atomic E-state index is 0.0541. The molecule has 2 aliphatic carbocycles. The van der Waals surface area contributed by atoms with Crippen LogP contribution in [0.3, 0.4) is 0 Å². The number of ether oxygens (including phenoxy) is 1. The SMILES string of the molecule is CC(O)(C1CCC(OC=O)C2CCCCC21)C(F)(F)F. The lowest BCUT2D eigenvalue weighted by molar-refractivity contribution is -0.287. The minimum Gasteiger partial charge on any atom is -0.464 e. The van der Waals surface area contributed by atoms with Gasteiger partial charge in [-0.05, 0) is 50.4 Å². The fourth-order valence-electron chi connectivity index (χ4n) is 4.07. The van der Waals surface area contributed by atoms with E-state index in [9.17, 15) is 23.1 Å². The van der Waals surface area contributed by atoms with Crippen molar-refractivity contribution in [1.82, 2.24) is 0 Å². The Kier molecular flexibility index (Phi) is 4.33. The topological polar surface area (TPSA) is 46.5 Å². The molecule has 20 heavy (non-hydrogen) atoms. The van der Waals surface area contributed by atoms with Crippen molar-refractivity contribution in [2.45, 2.75) is 63.3 Å². The van der Waals surface area contributed by atoms with Crippen molar-refractivity contribution in [1.29, 1.82) is 0 Å². The monoisotopic (exact) mass is 294 g/mol. The fraction of sp³-hybridized carbons (Fsp3) is 0.929. The number of rotatable bonds is 3. The highest BCUT2D eigenvalue weighted by Crippen LogP contribution is 2.52. The second-order valence-electron chi connectivity index (χ2n) is 6.21. The van der Waals surface area contributed by atoms with E-state index in [0.717, 1.165) is 26.2 Å². The second-order valence-corrected chi connectivity index (χ2v) is 6.21. The van der Waals surface area contributed by atoms with Gasteiger partial charge in [0, 0.05) is 0 Å². The van der Waals surface area contributed by atoms with Gasteiger partial charge in [0.25, 0.3) is 6.47 Å². The summed E-state index contributed by atoms with van der Waals surface area (Å²) < 4.78 is 44.3. The Morgan fingerprint density at radius 1 is 1.10 bits per heavy atom. The van der Waals surface area contributed by atoms with Gasteiger partial charge in [0.1, 0.15) is 6.10 Å². The van der Waals surface area contributed by atoms with Gasteiger partial charge in [-0.25, -0.2) is 0 Å². The Hall–Kier alpha value is -0.780. The average Bonchev–Trinajstić information content (AvgIpc) is 2.38. The van der Waals surface area contributed by atoms with Crippen LogP contribution in [0, 0.1) is 17.8 Å². The van der Waals surface area contributed by atoms with E-state index < -0.39 is 17.7 Å². The number of hydrogen-bond donors (Lipinski definition) is 1. The molecule has 6 heteroatoms. The normalized spacial score (nSPS) is 37.6. The zero-order valence-electron chi connectivity index (χ0n) is 11.5. The van der Waals surface area contributed by atoms with E-state index in [4.69, 9.17) is 4.74 Å². The molecule has 1 N–H and O–H groups in total. The summed E-state index contributed by atoms with van der Waals surface area (Å²) in [4.78, 5) is 10.5. The lowest BCUT2D eigenvalue weighted by Crippen LogP contribution is -2.56. The molecular formula is C14H21F3O3. The standard InChI is InChI=1S/C14H21F3O3/c1-13(19,14(15,16)17)11-6-7-12(20-8-18)10-5-3-2-4-9(10)11/h8-12,19H,2-7H2,1H3. The van der Waals surface area contributed by atoms with Gasteiger partial charge in [-0.2, -0.15) is 13.2 Å². The summed E-state index contributed by atoms with van der Waals surface area (Å²) in [7, 11) is 0. The number of hydrogen-bond acceptors (Lipinski definition) is 3. The molecule has 0 heterocycles. The van der Waals surface area contributed by atoms with Gasteiger partial charge >= 0.3 is 6.18 Å². The fourth-order valence-corrected chi connectivity index (χ4v) is 4.07. The first-order chi connectivity index (χ1) is 9.29. The number of halogens is 3. The van der Waals surface area contributed by atoms with Crippen LogP contribution < -0.4 is 0 Å². The first kappa shape index (κ1) is 15.6.